The van der Waals surface area contributed by atoms with Crippen molar-refractivity contribution < 1.29 is 51.4 Å². The van der Waals surface area contributed by atoms with Crippen LogP contribution < -0.4 is 15.4 Å². The Morgan fingerprint density at radius 3 is 2.24 bits per heavy atom. The molecule has 0 fully saturated rings. The standard InChI is InChI=1S/C24H23F4N3O7/c1-11-3-5-18(29-9-11)31-24(37)16(32)7-12(2)23(36)30-15(4-6-19(34)35)17(33)10-38-22-20(27)13(25)8-14(26)21(22)28/h3,5,8-9,12,15H,4,6-7,10H2,1-2H3,(H,30,36)(H,34,35)(H,29,31,37)/t12-,15+/m1/s1. The second kappa shape index (κ2) is 13.3. The number of amides is 2. The van der Waals surface area contributed by atoms with Crippen molar-refractivity contribution in [2.75, 3.05) is 11.9 Å². The fourth-order valence-electron chi connectivity index (χ4n) is 3.01. The number of halogens is 4. The van der Waals surface area contributed by atoms with Crippen LogP contribution in [0.15, 0.2) is 24.4 Å². The summed E-state index contributed by atoms with van der Waals surface area (Å²) in [7, 11) is 0. The lowest BCUT2D eigenvalue weighted by Crippen LogP contribution is -2.45. The van der Waals surface area contributed by atoms with Gasteiger partial charge in [-0.05, 0) is 25.0 Å². The van der Waals surface area contributed by atoms with E-state index in [1.165, 1.54) is 19.2 Å². The minimum absolute atomic E-state index is 0.0600. The van der Waals surface area contributed by atoms with Crippen molar-refractivity contribution in [3.63, 3.8) is 0 Å². The number of aryl methyl sites for hydroxylation is 1. The van der Waals surface area contributed by atoms with Crippen LogP contribution in [0, 0.1) is 36.1 Å². The Balaban J connectivity index is 2.03. The van der Waals surface area contributed by atoms with E-state index in [1.807, 2.05) is 0 Å². The van der Waals surface area contributed by atoms with Gasteiger partial charge in [-0.1, -0.05) is 13.0 Å². The molecule has 0 aliphatic carbocycles. The van der Waals surface area contributed by atoms with E-state index in [-0.39, 0.29) is 11.9 Å². The van der Waals surface area contributed by atoms with Crippen molar-refractivity contribution in [1.29, 1.82) is 0 Å². The predicted molar refractivity (Wildman–Crippen MR) is 122 cm³/mol. The van der Waals surface area contributed by atoms with Crippen molar-refractivity contribution in [2.24, 2.45) is 5.92 Å². The highest BCUT2D eigenvalue weighted by Gasteiger charge is 2.28. The zero-order valence-electron chi connectivity index (χ0n) is 20.1. The summed E-state index contributed by atoms with van der Waals surface area (Å²) in [6.45, 7) is 1.85. The highest BCUT2D eigenvalue weighted by molar-refractivity contribution is 6.40. The summed E-state index contributed by atoms with van der Waals surface area (Å²) in [6.07, 6.45) is -0.222. The highest BCUT2D eigenvalue weighted by atomic mass is 19.2. The Morgan fingerprint density at radius 1 is 1.05 bits per heavy atom. The van der Waals surface area contributed by atoms with E-state index in [0.717, 1.165) is 5.56 Å². The number of Topliss-reactive ketones (excluding diaryl/α,β-unsaturated/α-hetero) is 2. The molecule has 14 heteroatoms. The highest BCUT2D eigenvalue weighted by Crippen LogP contribution is 2.26. The summed E-state index contributed by atoms with van der Waals surface area (Å²) < 4.78 is 58.8. The first-order valence-electron chi connectivity index (χ1n) is 11.1. The summed E-state index contributed by atoms with van der Waals surface area (Å²) in [5.74, 6) is -15.3. The van der Waals surface area contributed by atoms with Gasteiger partial charge in [0, 0.05) is 31.0 Å². The Labute approximate surface area is 213 Å². The van der Waals surface area contributed by atoms with E-state index in [9.17, 15) is 41.5 Å². The molecule has 2 rings (SSSR count). The SMILES string of the molecule is Cc1ccc(NC(=O)C(=O)C[C@@H](C)C(=O)N[C@@H](CCC(=O)O)C(=O)COc2c(F)c(F)cc(F)c2F)nc1. The number of anilines is 1. The van der Waals surface area contributed by atoms with Gasteiger partial charge in [0.05, 0.1) is 6.04 Å². The maximum absolute atomic E-state index is 13.8. The van der Waals surface area contributed by atoms with Crippen molar-refractivity contribution in [3.05, 3.63) is 53.2 Å². The molecular formula is C24H23F4N3O7. The fourth-order valence-corrected chi connectivity index (χ4v) is 3.01. The van der Waals surface area contributed by atoms with Crippen molar-refractivity contribution >= 4 is 35.2 Å². The lowest BCUT2D eigenvalue weighted by molar-refractivity contribution is -0.139. The van der Waals surface area contributed by atoms with Crippen LogP contribution in [0.25, 0.3) is 0 Å². The zero-order chi connectivity index (χ0) is 28.6. The van der Waals surface area contributed by atoms with Crippen LogP contribution in [0.1, 0.15) is 31.7 Å². The molecule has 0 saturated heterocycles. The largest absolute Gasteiger partial charge is 0.481 e. The molecule has 1 aromatic carbocycles. The molecule has 204 valence electrons. The summed E-state index contributed by atoms with van der Waals surface area (Å²) in [4.78, 5) is 64.3. The molecule has 2 atom stereocenters. The number of hydrogen-bond acceptors (Lipinski definition) is 7. The van der Waals surface area contributed by atoms with Crippen LogP contribution in [0.5, 0.6) is 5.75 Å². The molecule has 0 saturated carbocycles. The van der Waals surface area contributed by atoms with Crippen LogP contribution in [0.3, 0.4) is 0 Å². The number of nitrogens with zero attached hydrogens (tertiary/aromatic N) is 1. The molecule has 10 nitrogen and oxygen atoms in total. The van der Waals surface area contributed by atoms with Crippen LogP contribution in [0.4, 0.5) is 23.4 Å². The van der Waals surface area contributed by atoms with Gasteiger partial charge >= 0.3 is 5.97 Å². The monoisotopic (exact) mass is 541 g/mol. The molecule has 0 spiro atoms. The molecule has 2 amide bonds. The number of hydrogen-bond donors (Lipinski definition) is 3. The first-order chi connectivity index (χ1) is 17.8. The van der Waals surface area contributed by atoms with Gasteiger partial charge < -0.3 is 20.5 Å². The molecule has 38 heavy (non-hydrogen) atoms. The normalized spacial score (nSPS) is 12.3. The van der Waals surface area contributed by atoms with Crippen molar-refractivity contribution in [1.82, 2.24) is 10.3 Å². The van der Waals surface area contributed by atoms with Gasteiger partial charge in [-0.2, -0.15) is 8.78 Å². The van der Waals surface area contributed by atoms with Gasteiger partial charge in [0.1, 0.15) is 12.4 Å². The summed E-state index contributed by atoms with van der Waals surface area (Å²) >= 11 is 0. The molecule has 0 aliphatic rings. The summed E-state index contributed by atoms with van der Waals surface area (Å²) in [6, 6.07) is 1.49. The number of pyridine rings is 1. The second-order valence-electron chi connectivity index (χ2n) is 8.25. The van der Waals surface area contributed by atoms with E-state index < -0.39 is 96.2 Å². The van der Waals surface area contributed by atoms with E-state index in [1.54, 1.807) is 13.0 Å². The van der Waals surface area contributed by atoms with E-state index in [4.69, 9.17) is 5.11 Å². The Morgan fingerprint density at radius 2 is 1.68 bits per heavy atom. The average Bonchev–Trinajstić information content (AvgIpc) is 2.86. The molecule has 0 unspecified atom stereocenters. The van der Waals surface area contributed by atoms with Gasteiger partial charge in [0.25, 0.3) is 5.91 Å². The van der Waals surface area contributed by atoms with E-state index in [0.29, 0.717) is 0 Å². The number of ether oxygens (including phenoxy) is 1. The van der Waals surface area contributed by atoms with Crippen LogP contribution in [-0.2, 0) is 24.0 Å². The second-order valence-corrected chi connectivity index (χ2v) is 8.25. The smallest absolute Gasteiger partial charge is 0.303 e. The number of ketones is 2. The van der Waals surface area contributed by atoms with Gasteiger partial charge in [-0.25, -0.2) is 13.8 Å². The molecular weight excluding hydrogens is 518 g/mol. The lowest BCUT2D eigenvalue weighted by Gasteiger charge is -2.20. The maximum atomic E-state index is 13.8. The Bertz CT molecular complexity index is 1210. The van der Waals surface area contributed by atoms with E-state index >= 15 is 0 Å². The number of carbonyl (C=O) groups is 5. The maximum Gasteiger partial charge on any atom is 0.303 e. The number of carbonyl (C=O) groups excluding carboxylic acids is 4. The molecule has 2 aromatic rings. The van der Waals surface area contributed by atoms with Crippen LogP contribution >= 0.6 is 0 Å². The third-order valence-electron chi connectivity index (χ3n) is 5.13. The number of nitrogens with one attached hydrogen (secondary N) is 2. The third-order valence-corrected chi connectivity index (χ3v) is 5.13. The topological polar surface area (TPSA) is 152 Å². The minimum Gasteiger partial charge on any atom is -0.481 e. The number of carboxylic acids is 1. The zero-order valence-corrected chi connectivity index (χ0v) is 20.1. The van der Waals surface area contributed by atoms with Gasteiger partial charge in [0.2, 0.25) is 23.3 Å². The lowest BCUT2D eigenvalue weighted by atomic mass is 10.0. The third kappa shape index (κ3) is 8.35. The number of benzene rings is 1. The predicted octanol–water partition coefficient (Wildman–Crippen LogP) is 2.48. The number of carboxylic acid groups (broad SMARTS) is 1. The fraction of sp³-hybridized carbons (Fsp3) is 0.333. The first-order valence-corrected chi connectivity index (χ1v) is 11.1. The van der Waals surface area contributed by atoms with Gasteiger partial charge in [-0.15, -0.1) is 0 Å². The van der Waals surface area contributed by atoms with Crippen molar-refractivity contribution in [2.45, 2.75) is 39.2 Å². The van der Waals surface area contributed by atoms with Crippen molar-refractivity contribution in [3.8, 4) is 5.75 Å². The van der Waals surface area contributed by atoms with Crippen LogP contribution in [-0.4, -0.2) is 52.1 Å². The summed E-state index contributed by atoms with van der Waals surface area (Å²) in [5, 5.41) is 13.4. The molecule has 1 heterocycles. The van der Waals surface area contributed by atoms with E-state index in [2.05, 4.69) is 20.4 Å². The molecule has 0 bridgehead atoms. The molecule has 1 aromatic heterocycles. The summed E-state index contributed by atoms with van der Waals surface area (Å²) in [5.41, 5.74) is 0.815. The van der Waals surface area contributed by atoms with Gasteiger partial charge in [0.15, 0.2) is 23.2 Å². The van der Waals surface area contributed by atoms with Gasteiger partial charge in [-0.3, -0.25) is 24.0 Å². The van der Waals surface area contributed by atoms with Crippen LogP contribution in [0.2, 0.25) is 0 Å². The molecule has 0 aliphatic heterocycles. The minimum atomic E-state index is -1.89. The number of aromatic nitrogens is 1. The molecule has 3 N–H and O–H groups in total. The number of rotatable bonds is 13. The Hall–Kier alpha value is -4.36. The average molecular weight is 541 g/mol. The number of aliphatic carboxylic acids is 1. The quantitative estimate of drug-likeness (QED) is 0.199. The first kappa shape index (κ1) is 29.9. The molecule has 0 radical (unpaired) electrons. The Kier molecular flexibility index (Phi) is 10.4.